The van der Waals surface area contributed by atoms with Crippen LogP contribution >= 0.6 is 0 Å². The van der Waals surface area contributed by atoms with Gasteiger partial charge in [-0.25, -0.2) is 9.18 Å². The predicted molar refractivity (Wildman–Crippen MR) is 89.6 cm³/mol. The van der Waals surface area contributed by atoms with Crippen molar-refractivity contribution in [1.82, 2.24) is 5.06 Å². The van der Waals surface area contributed by atoms with E-state index in [4.69, 9.17) is 4.84 Å². The lowest BCUT2D eigenvalue weighted by Gasteiger charge is -2.28. The standard InChI is InChI=1S/C20H16FNO4/c21-14-9-7-13(8-10-14)20(11-3-4-12-20)19(25)26-22-17(23)15-5-1-2-6-16(15)18(22)24/h1-2,5-10H,3-4,11-12H2. The van der Waals surface area contributed by atoms with E-state index in [9.17, 15) is 18.8 Å². The normalized spacial score (nSPS) is 18.1. The van der Waals surface area contributed by atoms with Crippen LogP contribution in [-0.2, 0) is 15.0 Å². The highest BCUT2D eigenvalue weighted by atomic mass is 19.1. The van der Waals surface area contributed by atoms with E-state index in [1.165, 1.54) is 24.3 Å². The molecule has 1 aliphatic carbocycles. The van der Waals surface area contributed by atoms with Crippen molar-refractivity contribution in [3.8, 4) is 0 Å². The summed E-state index contributed by atoms with van der Waals surface area (Å²) in [6.45, 7) is 0. The third-order valence-electron chi connectivity index (χ3n) is 5.18. The minimum absolute atomic E-state index is 0.215. The van der Waals surface area contributed by atoms with Crippen LogP contribution in [-0.4, -0.2) is 22.8 Å². The Morgan fingerprint density at radius 3 is 2.00 bits per heavy atom. The summed E-state index contributed by atoms with van der Waals surface area (Å²) < 4.78 is 13.3. The average molecular weight is 353 g/mol. The van der Waals surface area contributed by atoms with Crippen molar-refractivity contribution in [3.05, 3.63) is 71.0 Å². The zero-order valence-corrected chi connectivity index (χ0v) is 13.9. The van der Waals surface area contributed by atoms with E-state index in [2.05, 4.69) is 0 Å². The molecule has 0 atom stereocenters. The van der Waals surface area contributed by atoms with Gasteiger partial charge in [-0.15, -0.1) is 0 Å². The van der Waals surface area contributed by atoms with Crippen molar-refractivity contribution in [2.24, 2.45) is 0 Å². The highest BCUT2D eigenvalue weighted by Gasteiger charge is 2.48. The molecule has 1 saturated carbocycles. The number of imide groups is 1. The summed E-state index contributed by atoms with van der Waals surface area (Å²) in [4.78, 5) is 43.1. The van der Waals surface area contributed by atoms with Gasteiger partial charge in [0.25, 0.3) is 11.8 Å². The number of amides is 2. The third kappa shape index (κ3) is 2.41. The molecule has 0 radical (unpaired) electrons. The van der Waals surface area contributed by atoms with Gasteiger partial charge in [-0.1, -0.05) is 42.2 Å². The van der Waals surface area contributed by atoms with Crippen molar-refractivity contribution in [2.75, 3.05) is 0 Å². The highest BCUT2D eigenvalue weighted by Crippen LogP contribution is 2.42. The summed E-state index contributed by atoms with van der Waals surface area (Å²) in [5, 5.41) is 0.538. The second-order valence-electron chi connectivity index (χ2n) is 6.63. The maximum absolute atomic E-state index is 13.3. The van der Waals surface area contributed by atoms with Gasteiger partial charge in [-0.05, 0) is 42.7 Å². The van der Waals surface area contributed by atoms with Crippen molar-refractivity contribution < 1.29 is 23.6 Å². The molecule has 0 aromatic heterocycles. The zero-order valence-electron chi connectivity index (χ0n) is 13.9. The number of hydrogen-bond acceptors (Lipinski definition) is 4. The number of benzene rings is 2. The van der Waals surface area contributed by atoms with Crippen molar-refractivity contribution in [1.29, 1.82) is 0 Å². The molecule has 1 fully saturated rings. The van der Waals surface area contributed by atoms with Crippen molar-refractivity contribution in [3.63, 3.8) is 0 Å². The lowest BCUT2D eigenvalue weighted by Crippen LogP contribution is -2.42. The summed E-state index contributed by atoms with van der Waals surface area (Å²) in [5.74, 6) is -2.34. The second-order valence-corrected chi connectivity index (χ2v) is 6.63. The number of rotatable bonds is 3. The maximum Gasteiger partial charge on any atom is 0.343 e. The monoisotopic (exact) mass is 353 g/mol. The van der Waals surface area contributed by atoms with E-state index in [0.29, 0.717) is 23.5 Å². The first kappa shape index (κ1) is 16.4. The fourth-order valence-corrected chi connectivity index (χ4v) is 3.78. The molecular formula is C20H16FNO4. The van der Waals surface area contributed by atoms with Crippen LogP contribution in [0, 0.1) is 5.82 Å². The molecule has 2 amide bonds. The summed E-state index contributed by atoms with van der Waals surface area (Å²) in [6, 6.07) is 12.0. The number of halogens is 1. The van der Waals surface area contributed by atoms with Gasteiger partial charge in [0.2, 0.25) is 0 Å². The quantitative estimate of drug-likeness (QED) is 0.794. The average Bonchev–Trinajstić information content (AvgIpc) is 3.24. The van der Waals surface area contributed by atoms with Gasteiger partial charge >= 0.3 is 5.97 Å². The zero-order chi connectivity index (χ0) is 18.3. The Balaban J connectivity index is 1.64. The maximum atomic E-state index is 13.3. The summed E-state index contributed by atoms with van der Waals surface area (Å²) in [7, 11) is 0. The first-order valence-electron chi connectivity index (χ1n) is 8.49. The Morgan fingerprint density at radius 1 is 0.923 bits per heavy atom. The van der Waals surface area contributed by atoms with Crippen LogP contribution in [0.15, 0.2) is 48.5 Å². The molecular weight excluding hydrogens is 337 g/mol. The number of carbonyl (C=O) groups is 3. The smallest absolute Gasteiger partial charge is 0.329 e. The predicted octanol–water partition coefficient (Wildman–Crippen LogP) is 3.39. The molecule has 0 saturated heterocycles. The number of hydrogen-bond donors (Lipinski definition) is 0. The van der Waals surface area contributed by atoms with Crippen LogP contribution in [0.2, 0.25) is 0 Å². The van der Waals surface area contributed by atoms with Gasteiger partial charge in [-0.2, -0.15) is 0 Å². The number of nitrogens with zero attached hydrogens (tertiary/aromatic N) is 1. The first-order valence-corrected chi connectivity index (χ1v) is 8.49. The van der Waals surface area contributed by atoms with E-state index < -0.39 is 29.0 Å². The van der Waals surface area contributed by atoms with Crippen LogP contribution < -0.4 is 0 Å². The van der Waals surface area contributed by atoms with E-state index >= 15 is 0 Å². The van der Waals surface area contributed by atoms with Crippen LogP contribution in [0.4, 0.5) is 4.39 Å². The van der Waals surface area contributed by atoms with Gasteiger partial charge in [0, 0.05) is 0 Å². The molecule has 1 heterocycles. The van der Waals surface area contributed by atoms with Crippen LogP contribution in [0.5, 0.6) is 0 Å². The molecule has 4 rings (SSSR count). The first-order chi connectivity index (χ1) is 12.5. The fourth-order valence-electron chi connectivity index (χ4n) is 3.78. The van der Waals surface area contributed by atoms with E-state index in [0.717, 1.165) is 12.8 Å². The van der Waals surface area contributed by atoms with Crippen molar-refractivity contribution >= 4 is 17.8 Å². The minimum atomic E-state index is -0.969. The van der Waals surface area contributed by atoms with Crippen LogP contribution in [0.25, 0.3) is 0 Å². The lowest BCUT2D eigenvalue weighted by atomic mass is 9.79. The molecule has 1 aliphatic heterocycles. The molecule has 0 spiro atoms. The lowest BCUT2D eigenvalue weighted by molar-refractivity contribution is -0.175. The Hall–Kier alpha value is -3.02. The Bertz CT molecular complexity index is 865. The largest absolute Gasteiger partial charge is 0.343 e. The molecule has 0 unspecified atom stereocenters. The molecule has 2 aromatic carbocycles. The van der Waals surface area contributed by atoms with E-state index in [-0.39, 0.29) is 11.1 Å². The molecule has 5 nitrogen and oxygen atoms in total. The number of fused-ring (bicyclic) bond motifs is 1. The molecule has 132 valence electrons. The number of hydroxylamine groups is 2. The highest BCUT2D eigenvalue weighted by molar-refractivity contribution is 6.21. The molecule has 2 aromatic rings. The van der Waals surface area contributed by atoms with Gasteiger partial charge in [-0.3, -0.25) is 9.59 Å². The van der Waals surface area contributed by atoms with Gasteiger partial charge in [0.1, 0.15) is 5.82 Å². The number of carbonyl (C=O) groups excluding carboxylic acids is 3. The summed E-state index contributed by atoms with van der Waals surface area (Å²) in [6.07, 6.45) is 2.68. The molecule has 2 aliphatic rings. The SMILES string of the molecule is O=C1c2ccccc2C(=O)N1OC(=O)C1(c2ccc(F)cc2)CCCC1. The molecule has 0 bridgehead atoms. The van der Waals surface area contributed by atoms with Crippen LogP contribution in [0.1, 0.15) is 52.0 Å². The summed E-state index contributed by atoms with van der Waals surface area (Å²) in [5.41, 5.74) is 0.0985. The van der Waals surface area contributed by atoms with Crippen molar-refractivity contribution in [2.45, 2.75) is 31.1 Å². The van der Waals surface area contributed by atoms with Gasteiger partial charge in [0.05, 0.1) is 16.5 Å². The van der Waals surface area contributed by atoms with Crippen LogP contribution in [0.3, 0.4) is 0 Å². The molecule has 6 heteroatoms. The molecule has 0 N–H and O–H groups in total. The molecule has 26 heavy (non-hydrogen) atoms. The Kier molecular flexibility index (Phi) is 3.83. The van der Waals surface area contributed by atoms with Gasteiger partial charge in [0.15, 0.2) is 0 Å². The van der Waals surface area contributed by atoms with Gasteiger partial charge < -0.3 is 4.84 Å². The Morgan fingerprint density at radius 2 is 1.46 bits per heavy atom. The minimum Gasteiger partial charge on any atom is -0.329 e. The topological polar surface area (TPSA) is 63.7 Å². The van der Waals surface area contributed by atoms with E-state index in [1.54, 1.807) is 24.3 Å². The fraction of sp³-hybridized carbons (Fsp3) is 0.250. The third-order valence-corrected chi connectivity index (χ3v) is 5.18. The Labute approximate surface area is 149 Å². The second kappa shape index (κ2) is 6.05. The van der Waals surface area contributed by atoms with E-state index in [1.807, 2.05) is 0 Å². The summed E-state index contributed by atoms with van der Waals surface area (Å²) >= 11 is 0.